The molecule has 2 atom stereocenters. The van der Waals surface area contributed by atoms with Gasteiger partial charge in [0.1, 0.15) is 5.82 Å². The molecule has 88 valence electrons. The van der Waals surface area contributed by atoms with Crippen LogP contribution < -0.4 is 5.73 Å². The van der Waals surface area contributed by atoms with E-state index in [1.807, 2.05) is 0 Å². The summed E-state index contributed by atoms with van der Waals surface area (Å²) in [4.78, 5) is 2.30. The molecule has 2 unspecified atom stereocenters. The van der Waals surface area contributed by atoms with Gasteiger partial charge in [-0.2, -0.15) is 0 Å². The first-order chi connectivity index (χ1) is 7.63. The third kappa shape index (κ3) is 2.14. The minimum Gasteiger partial charge on any atom is -0.326 e. The maximum absolute atomic E-state index is 13.3. The number of benzene rings is 1. The molecule has 1 aromatic carbocycles. The average Bonchev–Trinajstić information content (AvgIpc) is 2.63. The smallest absolute Gasteiger partial charge is 0.123 e. The number of likely N-dealkylation sites (N-methyl/N-ethyl adjacent to an activating group) is 1. The van der Waals surface area contributed by atoms with Gasteiger partial charge in [0.15, 0.2) is 0 Å². The van der Waals surface area contributed by atoms with E-state index in [9.17, 15) is 4.39 Å². The molecule has 1 aromatic rings. The highest BCUT2D eigenvalue weighted by Crippen LogP contribution is 2.35. The topological polar surface area (TPSA) is 29.3 Å². The molecule has 0 spiro atoms. The van der Waals surface area contributed by atoms with Crippen molar-refractivity contribution in [2.45, 2.75) is 25.4 Å². The van der Waals surface area contributed by atoms with Crippen molar-refractivity contribution in [3.63, 3.8) is 0 Å². The number of hydrogen-bond acceptors (Lipinski definition) is 2. The van der Waals surface area contributed by atoms with Crippen molar-refractivity contribution >= 4 is 15.9 Å². The standard InChI is InChI=1S/C12H16BrFN2/c1-2-16-6-5-11(15)12(16)9-7-8(14)3-4-10(9)13/h3-4,7,11-12H,2,5-6,15H2,1H3. The third-order valence-electron chi connectivity index (χ3n) is 3.23. The summed E-state index contributed by atoms with van der Waals surface area (Å²) < 4.78 is 14.2. The lowest BCUT2D eigenvalue weighted by Crippen LogP contribution is -2.32. The van der Waals surface area contributed by atoms with Crippen LogP contribution in [-0.4, -0.2) is 24.0 Å². The molecule has 1 aliphatic rings. The zero-order valence-corrected chi connectivity index (χ0v) is 10.9. The van der Waals surface area contributed by atoms with Gasteiger partial charge in [0.05, 0.1) is 6.04 Å². The van der Waals surface area contributed by atoms with Gasteiger partial charge in [0.25, 0.3) is 0 Å². The molecule has 2 rings (SSSR count). The molecule has 4 heteroatoms. The lowest BCUT2D eigenvalue weighted by atomic mass is 10.0. The Morgan fingerprint density at radius 3 is 3.00 bits per heavy atom. The highest BCUT2D eigenvalue weighted by Gasteiger charge is 2.33. The summed E-state index contributed by atoms with van der Waals surface area (Å²) >= 11 is 3.48. The van der Waals surface area contributed by atoms with Crippen molar-refractivity contribution in [1.82, 2.24) is 4.90 Å². The van der Waals surface area contributed by atoms with E-state index >= 15 is 0 Å². The van der Waals surface area contributed by atoms with Crippen LogP contribution in [0.2, 0.25) is 0 Å². The fourth-order valence-corrected chi connectivity index (χ4v) is 2.89. The van der Waals surface area contributed by atoms with E-state index in [-0.39, 0.29) is 17.9 Å². The number of halogens is 2. The monoisotopic (exact) mass is 286 g/mol. The van der Waals surface area contributed by atoms with Gasteiger partial charge < -0.3 is 5.73 Å². The summed E-state index contributed by atoms with van der Waals surface area (Å²) in [6.07, 6.45) is 0.974. The number of nitrogens with zero attached hydrogens (tertiary/aromatic N) is 1. The summed E-state index contributed by atoms with van der Waals surface area (Å²) in [5.41, 5.74) is 7.08. The second-order valence-electron chi connectivity index (χ2n) is 4.19. The molecule has 2 nitrogen and oxygen atoms in total. The van der Waals surface area contributed by atoms with Gasteiger partial charge in [-0.25, -0.2) is 4.39 Å². The number of nitrogens with two attached hydrogens (primary N) is 1. The van der Waals surface area contributed by atoms with Gasteiger partial charge >= 0.3 is 0 Å². The molecule has 16 heavy (non-hydrogen) atoms. The zero-order valence-electron chi connectivity index (χ0n) is 9.29. The van der Waals surface area contributed by atoms with Crippen molar-refractivity contribution in [3.05, 3.63) is 34.1 Å². The minimum absolute atomic E-state index is 0.0954. The van der Waals surface area contributed by atoms with Gasteiger partial charge in [0.2, 0.25) is 0 Å². The summed E-state index contributed by atoms with van der Waals surface area (Å²) in [5, 5.41) is 0. The third-order valence-corrected chi connectivity index (χ3v) is 3.95. The van der Waals surface area contributed by atoms with Crippen molar-refractivity contribution in [1.29, 1.82) is 0 Å². The van der Waals surface area contributed by atoms with Gasteiger partial charge in [-0.3, -0.25) is 4.90 Å². The predicted molar refractivity (Wildman–Crippen MR) is 66.7 cm³/mol. The first-order valence-corrected chi connectivity index (χ1v) is 6.37. The van der Waals surface area contributed by atoms with Gasteiger partial charge in [-0.05, 0) is 36.7 Å². The second-order valence-corrected chi connectivity index (χ2v) is 5.05. The fourth-order valence-electron chi connectivity index (χ4n) is 2.41. The molecule has 0 aliphatic carbocycles. The molecule has 1 aliphatic heterocycles. The van der Waals surface area contributed by atoms with Crippen molar-refractivity contribution in [2.24, 2.45) is 5.73 Å². The first kappa shape index (κ1) is 12.0. The van der Waals surface area contributed by atoms with Crippen LogP contribution in [0.3, 0.4) is 0 Å². The van der Waals surface area contributed by atoms with E-state index in [0.29, 0.717) is 0 Å². The largest absolute Gasteiger partial charge is 0.326 e. The minimum atomic E-state index is -0.201. The van der Waals surface area contributed by atoms with Crippen LogP contribution in [0.4, 0.5) is 4.39 Å². The highest BCUT2D eigenvalue weighted by molar-refractivity contribution is 9.10. The Kier molecular flexibility index (Phi) is 3.62. The molecule has 0 bridgehead atoms. The van der Waals surface area contributed by atoms with E-state index < -0.39 is 0 Å². The molecule has 0 saturated carbocycles. The molecule has 0 radical (unpaired) electrons. The SMILES string of the molecule is CCN1CCC(N)C1c1cc(F)ccc1Br. The van der Waals surface area contributed by atoms with Crippen molar-refractivity contribution in [2.75, 3.05) is 13.1 Å². The number of rotatable bonds is 2. The van der Waals surface area contributed by atoms with Crippen LogP contribution in [0.25, 0.3) is 0 Å². The van der Waals surface area contributed by atoms with Crippen molar-refractivity contribution < 1.29 is 4.39 Å². The van der Waals surface area contributed by atoms with Crippen LogP contribution in [0, 0.1) is 5.82 Å². The maximum atomic E-state index is 13.3. The Hall–Kier alpha value is -0.450. The Bertz CT molecular complexity index is 383. The molecule has 0 amide bonds. The van der Waals surface area contributed by atoms with E-state index in [4.69, 9.17) is 5.73 Å². The second kappa shape index (κ2) is 4.82. The number of likely N-dealkylation sites (tertiary alicyclic amines) is 1. The summed E-state index contributed by atoms with van der Waals surface area (Å²) in [6.45, 7) is 4.05. The van der Waals surface area contributed by atoms with E-state index in [1.54, 1.807) is 12.1 Å². The Morgan fingerprint density at radius 1 is 1.56 bits per heavy atom. The molecule has 2 N–H and O–H groups in total. The molecule has 1 fully saturated rings. The van der Waals surface area contributed by atoms with Crippen LogP contribution in [0.5, 0.6) is 0 Å². The molecule has 1 heterocycles. The van der Waals surface area contributed by atoms with Crippen LogP contribution >= 0.6 is 15.9 Å². The normalized spacial score (nSPS) is 26.2. The summed E-state index contributed by atoms with van der Waals surface area (Å²) in [5.74, 6) is -0.201. The van der Waals surface area contributed by atoms with Gasteiger partial charge in [0, 0.05) is 17.1 Å². The van der Waals surface area contributed by atoms with Crippen LogP contribution in [0.15, 0.2) is 22.7 Å². The zero-order chi connectivity index (χ0) is 11.7. The lowest BCUT2D eigenvalue weighted by molar-refractivity contribution is 0.260. The van der Waals surface area contributed by atoms with E-state index in [0.717, 1.165) is 29.5 Å². The quantitative estimate of drug-likeness (QED) is 0.906. The Balaban J connectivity index is 2.37. The lowest BCUT2D eigenvalue weighted by Gasteiger charge is -2.26. The number of hydrogen-bond donors (Lipinski definition) is 1. The molecule has 0 aromatic heterocycles. The van der Waals surface area contributed by atoms with E-state index in [2.05, 4.69) is 27.8 Å². The molecular formula is C12H16BrFN2. The molecule has 1 saturated heterocycles. The van der Waals surface area contributed by atoms with Crippen LogP contribution in [-0.2, 0) is 0 Å². The van der Waals surface area contributed by atoms with Crippen LogP contribution in [0.1, 0.15) is 24.9 Å². The van der Waals surface area contributed by atoms with Gasteiger partial charge in [-0.1, -0.05) is 22.9 Å². The van der Waals surface area contributed by atoms with Gasteiger partial charge in [-0.15, -0.1) is 0 Å². The Morgan fingerprint density at radius 2 is 2.31 bits per heavy atom. The maximum Gasteiger partial charge on any atom is 0.123 e. The molecular weight excluding hydrogens is 271 g/mol. The average molecular weight is 287 g/mol. The highest BCUT2D eigenvalue weighted by atomic mass is 79.9. The van der Waals surface area contributed by atoms with Crippen molar-refractivity contribution in [3.8, 4) is 0 Å². The summed E-state index contributed by atoms with van der Waals surface area (Å²) in [7, 11) is 0. The summed E-state index contributed by atoms with van der Waals surface area (Å²) in [6, 6.07) is 5.03. The first-order valence-electron chi connectivity index (χ1n) is 5.58. The predicted octanol–water partition coefficient (Wildman–Crippen LogP) is 2.68. The van der Waals surface area contributed by atoms with E-state index in [1.165, 1.54) is 6.07 Å². The fraction of sp³-hybridized carbons (Fsp3) is 0.500. The Labute approximate surface area is 104 Å².